The lowest BCUT2D eigenvalue weighted by molar-refractivity contribution is -0.126. The molecule has 112 valence electrons. The fourth-order valence-electron chi connectivity index (χ4n) is 3.35. The standard InChI is InChI=1S/C17H22N2O2/c20-16-11-14(12-19(16)15-9-5-2-6-10-15)18-17(21)13-7-3-1-4-8-13/h2,5-6,9-10,13-14H,1,3-4,7-8,11-12H2,(H,18,21)/t14-/m0/s1. The zero-order valence-corrected chi connectivity index (χ0v) is 12.3. The number of benzene rings is 1. The Morgan fingerprint density at radius 3 is 2.52 bits per heavy atom. The monoisotopic (exact) mass is 286 g/mol. The van der Waals surface area contributed by atoms with Gasteiger partial charge < -0.3 is 10.2 Å². The second-order valence-electron chi connectivity index (χ2n) is 6.08. The Morgan fingerprint density at radius 1 is 1.10 bits per heavy atom. The van der Waals surface area contributed by atoms with Gasteiger partial charge >= 0.3 is 0 Å². The van der Waals surface area contributed by atoms with Crippen molar-refractivity contribution in [1.29, 1.82) is 0 Å². The van der Waals surface area contributed by atoms with Gasteiger partial charge in [-0.1, -0.05) is 37.5 Å². The van der Waals surface area contributed by atoms with Gasteiger partial charge in [0.2, 0.25) is 11.8 Å². The molecule has 4 nitrogen and oxygen atoms in total. The number of anilines is 1. The molecule has 21 heavy (non-hydrogen) atoms. The van der Waals surface area contributed by atoms with Crippen molar-refractivity contribution in [2.75, 3.05) is 11.4 Å². The first-order valence-corrected chi connectivity index (χ1v) is 7.90. The molecule has 1 N–H and O–H groups in total. The summed E-state index contributed by atoms with van der Waals surface area (Å²) in [6.45, 7) is 0.585. The van der Waals surface area contributed by atoms with Gasteiger partial charge in [-0.2, -0.15) is 0 Å². The van der Waals surface area contributed by atoms with E-state index in [2.05, 4.69) is 5.32 Å². The van der Waals surface area contributed by atoms with Crippen LogP contribution in [0, 0.1) is 5.92 Å². The van der Waals surface area contributed by atoms with Crippen molar-refractivity contribution >= 4 is 17.5 Å². The van der Waals surface area contributed by atoms with Crippen LogP contribution >= 0.6 is 0 Å². The lowest BCUT2D eigenvalue weighted by Crippen LogP contribution is -2.41. The number of carbonyl (C=O) groups excluding carboxylic acids is 2. The predicted octanol–water partition coefficient (Wildman–Crippen LogP) is 2.49. The van der Waals surface area contributed by atoms with Gasteiger partial charge in [0.15, 0.2) is 0 Å². The Kier molecular flexibility index (Phi) is 4.23. The molecule has 3 rings (SSSR count). The summed E-state index contributed by atoms with van der Waals surface area (Å²) in [6.07, 6.45) is 5.94. The number of hydrogen-bond donors (Lipinski definition) is 1. The Labute approximate surface area is 125 Å². The van der Waals surface area contributed by atoms with E-state index < -0.39 is 0 Å². The molecule has 0 bridgehead atoms. The van der Waals surface area contributed by atoms with Gasteiger partial charge in [0.1, 0.15) is 0 Å². The van der Waals surface area contributed by atoms with Crippen molar-refractivity contribution in [3.63, 3.8) is 0 Å². The maximum Gasteiger partial charge on any atom is 0.229 e. The van der Waals surface area contributed by atoms with E-state index in [0.717, 1.165) is 31.4 Å². The lowest BCUT2D eigenvalue weighted by Gasteiger charge is -2.23. The zero-order chi connectivity index (χ0) is 14.7. The average Bonchev–Trinajstić information content (AvgIpc) is 2.89. The van der Waals surface area contributed by atoms with Crippen LogP contribution in [0.5, 0.6) is 0 Å². The highest BCUT2D eigenvalue weighted by Crippen LogP contribution is 2.25. The van der Waals surface area contributed by atoms with Crippen LogP contribution in [-0.2, 0) is 9.59 Å². The minimum atomic E-state index is -0.0490. The molecule has 1 aromatic rings. The number of hydrogen-bond acceptors (Lipinski definition) is 2. The molecule has 1 aliphatic heterocycles. The third kappa shape index (κ3) is 3.26. The highest BCUT2D eigenvalue weighted by atomic mass is 16.2. The molecular formula is C17H22N2O2. The molecule has 0 aromatic heterocycles. The molecule has 1 saturated heterocycles. The second-order valence-corrected chi connectivity index (χ2v) is 6.08. The van der Waals surface area contributed by atoms with E-state index in [-0.39, 0.29) is 23.8 Å². The summed E-state index contributed by atoms with van der Waals surface area (Å²) < 4.78 is 0. The van der Waals surface area contributed by atoms with E-state index in [1.807, 2.05) is 30.3 Å². The first kappa shape index (κ1) is 14.1. The summed E-state index contributed by atoms with van der Waals surface area (Å²) >= 11 is 0. The molecule has 1 aromatic carbocycles. The number of para-hydroxylation sites is 1. The Bertz CT molecular complexity index is 509. The summed E-state index contributed by atoms with van der Waals surface area (Å²) in [5.74, 6) is 0.386. The lowest BCUT2D eigenvalue weighted by atomic mass is 9.88. The van der Waals surface area contributed by atoms with Crippen molar-refractivity contribution in [2.24, 2.45) is 5.92 Å². The van der Waals surface area contributed by atoms with Gasteiger partial charge in [-0.15, -0.1) is 0 Å². The van der Waals surface area contributed by atoms with Gasteiger partial charge in [0, 0.05) is 24.6 Å². The highest BCUT2D eigenvalue weighted by molar-refractivity contribution is 5.96. The van der Waals surface area contributed by atoms with E-state index in [1.54, 1.807) is 4.90 Å². The third-order valence-electron chi connectivity index (χ3n) is 4.52. The molecular weight excluding hydrogens is 264 g/mol. The fourth-order valence-corrected chi connectivity index (χ4v) is 3.35. The largest absolute Gasteiger partial charge is 0.351 e. The molecule has 1 atom stereocenters. The quantitative estimate of drug-likeness (QED) is 0.928. The van der Waals surface area contributed by atoms with Crippen LogP contribution in [0.3, 0.4) is 0 Å². The summed E-state index contributed by atoms with van der Waals surface area (Å²) in [4.78, 5) is 26.2. The topological polar surface area (TPSA) is 49.4 Å². The van der Waals surface area contributed by atoms with E-state index in [4.69, 9.17) is 0 Å². The van der Waals surface area contributed by atoms with E-state index in [9.17, 15) is 9.59 Å². The van der Waals surface area contributed by atoms with Gasteiger partial charge in [-0.3, -0.25) is 9.59 Å². The number of carbonyl (C=O) groups is 2. The zero-order valence-electron chi connectivity index (χ0n) is 12.3. The Hall–Kier alpha value is -1.84. The fraction of sp³-hybridized carbons (Fsp3) is 0.529. The van der Waals surface area contributed by atoms with Crippen molar-refractivity contribution in [1.82, 2.24) is 5.32 Å². The van der Waals surface area contributed by atoms with E-state index in [0.29, 0.717) is 13.0 Å². The molecule has 2 fully saturated rings. The molecule has 1 saturated carbocycles. The smallest absolute Gasteiger partial charge is 0.229 e. The molecule has 1 aliphatic carbocycles. The summed E-state index contributed by atoms with van der Waals surface area (Å²) in [5.41, 5.74) is 0.914. The van der Waals surface area contributed by atoms with Crippen molar-refractivity contribution < 1.29 is 9.59 Å². The predicted molar refractivity (Wildman–Crippen MR) is 81.9 cm³/mol. The summed E-state index contributed by atoms with van der Waals surface area (Å²) in [5, 5.41) is 3.08. The van der Waals surface area contributed by atoms with Crippen LogP contribution in [0.15, 0.2) is 30.3 Å². The van der Waals surface area contributed by atoms with Crippen molar-refractivity contribution in [2.45, 2.75) is 44.6 Å². The van der Waals surface area contributed by atoms with Crippen molar-refractivity contribution in [3.05, 3.63) is 30.3 Å². The number of nitrogens with one attached hydrogen (secondary N) is 1. The highest BCUT2D eigenvalue weighted by Gasteiger charge is 2.33. The van der Waals surface area contributed by atoms with Gasteiger partial charge in [0.05, 0.1) is 6.04 Å². The van der Waals surface area contributed by atoms with Gasteiger partial charge in [-0.25, -0.2) is 0 Å². The molecule has 4 heteroatoms. The SMILES string of the molecule is O=C(N[C@H]1CC(=O)N(c2ccccc2)C1)C1CCCCC1. The van der Waals surface area contributed by atoms with Crippen LogP contribution in [0.25, 0.3) is 0 Å². The van der Waals surface area contributed by atoms with Gasteiger partial charge in [-0.05, 0) is 25.0 Å². The van der Waals surface area contributed by atoms with Gasteiger partial charge in [0.25, 0.3) is 0 Å². The first-order chi connectivity index (χ1) is 10.2. The van der Waals surface area contributed by atoms with Crippen LogP contribution in [0.1, 0.15) is 38.5 Å². The van der Waals surface area contributed by atoms with Crippen LogP contribution in [-0.4, -0.2) is 24.4 Å². The van der Waals surface area contributed by atoms with Crippen LogP contribution in [0.4, 0.5) is 5.69 Å². The normalized spacial score (nSPS) is 23.3. The summed E-state index contributed by atoms with van der Waals surface area (Å²) in [7, 11) is 0. The minimum Gasteiger partial charge on any atom is -0.351 e. The first-order valence-electron chi connectivity index (χ1n) is 7.90. The average molecular weight is 286 g/mol. The molecule has 2 amide bonds. The minimum absolute atomic E-state index is 0.0490. The second kappa shape index (κ2) is 6.29. The Morgan fingerprint density at radius 2 is 1.81 bits per heavy atom. The van der Waals surface area contributed by atoms with Crippen molar-refractivity contribution in [3.8, 4) is 0 Å². The number of amides is 2. The number of nitrogens with zero attached hydrogens (tertiary/aromatic N) is 1. The number of rotatable bonds is 3. The molecule has 0 spiro atoms. The summed E-state index contributed by atoms with van der Waals surface area (Å²) in [6, 6.07) is 9.61. The third-order valence-corrected chi connectivity index (χ3v) is 4.52. The molecule has 0 radical (unpaired) electrons. The molecule has 2 aliphatic rings. The maximum atomic E-state index is 12.3. The van der Waals surface area contributed by atoms with Crippen LogP contribution < -0.4 is 10.2 Å². The maximum absolute atomic E-state index is 12.3. The van der Waals surface area contributed by atoms with E-state index in [1.165, 1.54) is 6.42 Å². The van der Waals surface area contributed by atoms with E-state index >= 15 is 0 Å². The van der Waals surface area contributed by atoms with Crippen LogP contribution in [0.2, 0.25) is 0 Å². The molecule has 1 heterocycles. The Balaban J connectivity index is 1.58. The molecule has 0 unspecified atom stereocenters.